The van der Waals surface area contributed by atoms with Crippen LogP contribution in [0.15, 0.2) is 29.3 Å². The van der Waals surface area contributed by atoms with E-state index in [0.29, 0.717) is 24.7 Å². The molecule has 5 nitrogen and oxygen atoms in total. The second-order valence-corrected chi connectivity index (χ2v) is 5.45. The zero-order valence-corrected chi connectivity index (χ0v) is 16.8. The summed E-state index contributed by atoms with van der Waals surface area (Å²) in [5.74, 6) is 0.762. The highest BCUT2D eigenvalue weighted by Gasteiger charge is 2.05. The number of amides is 1. The second kappa shape index (κ2) is 12.2. The van der Waals surface area contributed by atoms with Crippen LogP contribution in [0.3, 0.4) is 0 Å². The van der Waals surface area contributed by atoms with E-state index in [4.69, 9.17) is 0 Å². The minimum absolute atomic E-state index is 0. The van der Waals surface area contributed by atoms with Crippen LogP contribution in [0.5, 0.6) is 0 Å². The van der Waals surface area contributed by atoms with Crippen molar-refractivity contribution in [2.75, 3.05) is 13.1 Å². The molecule has 0 radical (unpaired) electrons. The smallest absolute Gasteiger partial charge is 0.251 e. The van der Waals surface area contributed by atoms with Crippen LogP contribution in [-0.2, 0) is 6.54 Å². The lowest BCUT2D eigenvalue weighted by Gasteiger charge is -2.14. The Hall–Kier alpha value is -1.31. The third-order valence-electron chi connectivity index (χ3n) is 2.91. The van der Waals surface area contributed by atoms with Gasteiger partial charge < -0.3 is 16.0 Å². The highest BCUT2D eigenvalue weighted by Crippen LogP contribution is 2.07. The lowest BCUT2D eigenvalue weighted by atomic mass is 10.1. The number of nitrogens with zero attached hydrogens (tertiary/aromatic N) is 1. The average molecular weight is 432 g/mol. The number of rotatable bonds is 7. The first-order valence-corrected chi connectivity index (χ1v) is 7.98. The van der Waals surface area contributed by atoms with Gasteiger partial charge in [-0.05, 0) is 44.9 Å². The summed E-state index contributed by atoms with van der Waals surface area (Å²) in [6, 6.07) is 7.93. The van der Waals surface area contributed by atoms with Gasteiger partial charge in [0.1, 0.15) is 0 Å². The molecule has 0 heterocycles. The monoisotopic (exact) mass is 432 g/mol. The molecule has 0 bridgehead atoms. The number of guanidine groups is 1. The number of hydrogen-bond acceptors (Lipinski definition) is 2. The summed E-state index contributed by atoms with van der Waals surface area (Å²) in [4.78, 5) is 16.5. The van der Waals surface area contributed by atoms with Gasteiger partial charge in [-0.2, -0.15) is 0 Å². The molecule has 1 rings (SSSR count). The SMILES string of the molecule is CCCNC(=O)c1cccc(CN=C(NCC)NC(C)C)c1.I. The van der Waals surface area contributed by atoms with E-state index in [1.807, 2.05) is 38.1 Å². The number of halogens is 1. The zero-order chi connectivity index (χ0) is 16.4. The number of hydrogen-bond donors (Lipinski definition) is 3. The molecule has 0 aliphatic heterocycles. The summed E-state index contributed by atoms with van der Waals surface area (Å²) < 4.78 is 0. The molecule has 0 saturated carbocycles. The Labute approximate surface area is 156 Å². The number of aliphatic imine (C=N–C) groups is 1. The predicted molar refractivity (Wildman–Crippen MR) is 108 cm³/mol. The van der Waals surface area contributed by atoms with E-state index in [1.165, 1.54) is 0 Å². The van der Waals surface area contributed by atoms with Gasteiger partial charge in [0.25, 0.3) is 5.91 Å². The lowest BCUT2D eigenvalue weighted by Crippen LogP contribution is -2.41. The van der Waals surface area contributed by atoms with Crippen LogP contribution in [0.25, 0.3) is 0 Å². The fourth-order valence-corrected chi connectivity index (χ4v) is 1.92. The molecule has 23 heavy (non-hydrogen) atoms. The Bertz CT molecular complexity index is 503. The van der Waals surface area contributed by atoms with E-state index < -0.39 is 0 Å². The molecule has 3 N–H and O–H groups in total. The molecule has 0 aliphatic carbocycles. The van der Waals surface area contributed by atoms with Gasteiger partial charge in [0, 0.05) is 24.7 Å². The van der Waals surface area contributed by atoms with Crippen LogP contribution in [0.4, 0.5) is 0 Å². The molecule has 0 fully saturated rings. The molecule has 0 unspecified atom stereocenters. The van der Waals surface area contributed by atoms with Crippen molar-refractivity contribution in [2.45, 2.75) is 46.7 Å². The van der Waals surface area contributed by atoms with Crippen LogP contribution in [0.1, 0.15) is 50.0 Å². The van der Waals surface area contributed by atoms with E-state index in [2.05, 4.69) is 34.8 Å². The minimum atomic E-state index is -0.0279. The van der Waals surface area contributed by atoms with Crippen molar-refractivity contribution in [2.24, 2.45) is 4.99 Å². The van der Waals surface area contributed by atoms with Crippen LogP contribution in [0.2, 0.25) is 0 Å². The zero-order valence-electron chi connectivity index (χ0n) is 14.5. The standard InChI is InChI=1S/C17H28N4O.HI/c1-5-10-19-16(22)15-9-7-8-14(11-15)12-20-17(18-6-2)21-13(3)4;/h7-9,11,13H,5-6,10,12H2,1-4H3,(H,19,22)(H2,18,20,21);1H. The molecule has 0 saturated heterocycles. The van der Waals surface area contributed by atoms with E-state index in [9.17, 15) is 4.79 Å². The maximum absolute atomic E-state index is 12.0. The number of carbonyl (C=O) groups is 1. The van der Waals surface area contributed by atoms with Crippen LogP contribution >= 0.6 is 24.0 Å². The molecule has 0 atom stereocenters. The lowest BCUT2D eigenvalue weighted by molar-refractivity contribution is 0.0953. The summed E-state index contributed by atoms with van der Waals surface area (Å²) >= 11 is 0. The van der Waals surface area contributed by atoms with Gasteiger partial charge in [0.15, 0.2) is 5.96 Å². The van der Waals surface area contributed by atoms with Crippen LogP contribution < -0.4 is 16.0 Å². The van der Waals surface area contributed by atoms with Crippen molar-refractivity contribution in [3.63, 3.8) is 0 Å². The largest absolute Gasteiger partial charge is 0.357 e. The summed E-state index contributed by atoms with van der Waals surface area (Å²) in [5, 5.41) is 9.37. The van der Waals surface area contributed by atoms with Gasteiger partial charge in [-0.15, -0.1) is 24.0 Å². The Morgan fingerprint density at radius 1 is 1.22 bits per heavy atom. The highest BCUT2D eigenvalue weighted by molar-refractivity contribution is 14.0. The average Bonchev–Trinajstić information content (AvgIpc) is 2.50. The summed E-state index contributed by atoms with van der Waals surface area (Å²) in [5.41, 5.74) is 1.70. The molecule has 1 aromatic carbocycles. The van der Waals surface area contributed by atoms with Gasteiger partial charge in [0.05, 0.1) is 6.54 Å². The summed E-state index contributed by atoms with van der Waals surface area (Å²) in [6.07, 6.45) is 0.933. The van der Waals surface area contributed by atoms with Gasteiger partial charge in [-0.25, -0.2) is 4.99 Å². The van der Waals surface area contributed by atoms with Crippen molar-refractivity contribution in [1.29, 1.82) is 0 Å². The van der Waals surface area contributed by atoms with Gasteiger partial charge in [0.2, 0.25) is 0 Å². The van der Waals surface area contributed by atoms with Crippen molar-refractivity contribution in [3.05, 3.63) is 35.4 Å². The fraction of sp³-hybridized carbons (Fsp3) is 0.529. The first-order chi connectivity index (χ1) is 10.6. The molecule has 1 aromatic rings. The quantitative estimate of drug-likeness (QED) is 0.353. The topological polar surface area (TPSA) is 65.5 Å². The maximum Gasteiger partial charge on any atom is 0.251 e. The molecule has 6 heteroatoms. The number of nitrogens with one attached hydrogen (secondary N) is 3. The Kier molecular flexibility index (Phi) is 11.5. The molecule has 130 valence electrons. The maximum atomic E-state index is 12.0. The number of carbonyl (C=O) groups excluding carboxylic acids is 1. The second-order valence-electron chi connectivity index (χ2n) is 5.45. The Morgan fingerprint density at radius 3 is 2.57 bits per heavy atom. The van der Waals surface area contributed by atoms with Crippen molar-refractivity contribution >= 4 is 35.8 Å². The number of benzene rings is 1. The highest BCUT2D eigenvalue weighted by atomic mass is 127. The van der Waals surface area contributed by atoms with Crippen molar-refractivity contribution in [3.8, 4) is 0 Å². The normalized spacial score (nSPS) is 10.9. The summed E-state index contributed by atoms with van der Waals surface area (Å²) in [6.45, 7) is 10.3. The van der Waals surface area contributed by atoms with E-state index in [-0.39, 0.29) is 29.9 Å². The predicted octanol–water partition coefficient (Wildman–Crippen LogP) is 2.91. The Morgan fingerprint density at radius 2 is 1.96 bits per heavy atom. The third kappa shape index (κ3) is 8.78. The molecule has 0 spiro atoms. The minimum Gasteiger partial charge on any atom is -0.357 e. The molecule has 1 amide bonds. The first kappa shape index (κ1) is 21.7. The van der Waals surface area contributed by atoms with Crippen LogP contribution in [0, 0.1) is 0 Å². The van der Waals surface area contributed by atoms with Gasteiger partial charge in [-0.3, -0.25) is 4.79 Å². The first-order valence-electron chi connectivity index (χ1n) is 7.98. The van der Waals surface area contributed by atoms with Crippen LogP contribution in [-0.4, -0.2) is 31.0 Å². The molecular formula is C17H29IN4O. The molecular weight excluding hydrogens is 403 g/mol. The van der Waals surface area contributed by atoms with Gasteiger partial charge in [-0.1, -0.05) is 19.1 Å². The van der Waals surface area contributed by atoms with E-state index in [0.717, 1.165) is 24.5 Å². The Balaban J connectivity index is 0.00000484. The molecule has 0 aliphatic rings. The van der Waals surface area contributed by atoms with Crippen molar-refractivity contribution in [1.82, 2.24) is 16.0 Å². The van der Waals surface area contributed by atoms with E-state index in [1.54, 1.807) is 0 Å². The van der Waals surface area contributed by atoms with Gasteiger partial charge >= 0.3 is 0 Å². The third-order valence-corrected chi connectivity index (χ3v) is 2.91. The fourth-order valence-electron chi connectivity index (χ4n) is 1.92. The summed E-state index contributed by atoms with van der Waals surface area (Å²) in [7, 11) is 0. The van der Waals surface area contributed by atoms with E-state index >= 15 is 0 Å². The van der Waals surface area contributed by atoms with Crippen molar-refractivity contribution < 1.29 is 4.79 Å². The molecule has 0 aromatic heterocycles.